The van der Waals surface area contributed by atoms with E-state index >= 15 is 0 Å². The van der Waals surface area contributed by atoms with Gasteiger partial charge in [0.15, 0.2) is 0 Å². The first-order chi connectivity index (χ1) is 9.75. The van der Waals surface area contributed by atoms with Gasteiger partial charge in [0, 0.05) is 31.1 Å². The van der Waals surface area contributed by atoms with E-state index in [9.17, 15) is 4.79 Å². The van der Waals surface area contributed by atoms with Gasteiger partial charge in [-0.2, -0.15) is 0 Å². The lowest BCUT2D eigenvalue weighted by atomic mass is 10.2. The molecule has 20 heavy (non-hydrogen) atoms. The number of rotatable bonds is 3. The number of para-hydroxylation sites is 1. The number of fused-ring (bicyclic) bond motifs is 1. The van der Waals surface area contributed by atoms with Gasteiger partial charge >= 0.3 is 0 Å². The molecule has 0 N–H and O–H groups in total. The summed E-state index contributed by atoms with van der Waals surface area (Å²) in [6, 6.07) is 8.05. The molecule has 0 unspecified atom stereocenters. The summed E-state index contributed by atoms with van der Waals surface area (Å²) in [6.45, 7) is 2.93. The van der Waals surface area contributed by atoms with Crippen LogP contribution in [0.3, 0.4) is 0 Å². The van der Waals surface area contributed by atoms with E-state index in [0.29, 0.717) is 6.42 Å². The van der Waals surface area contributed by atoms with E-state index in [-0.39, 0.29) is 5.91 Å². The van der Waals surface area contributed by atoms with E-state index in [0.717, 1.165) is 41.0 Å². The molecule has 106 valence electrons. The minimum atomic E-state index is 0.207. The van der Waals surface area contributed by atoms with Crippen LogP contribution in [0.5, 0.6) is 0 Å². The topological polar surface area (TPSA) is 23.6 Å². The van der Waals surface area contributed by atoms with Crippen LogP contribution in [-0.2, 0) is 11.2 Å². The third-order valence-electron chi connectivity index (χ3n) is 3.83. The van der Waals surface area contributed by atoms with Crippen molar-refractivity contribution in [2.45, 2.75) is 19.3 Å². The van der Waals surface area contributed by atoms with Crippen molar-refractivity contribution in [2.24, 2.45) is 0 Å². The van der Waals surface area contributed by atoms with E-state index in [1.807, 2.05) is 29.2 Å². The second-order valence-corrected chi connectivity index (χ2v) is 6.89. The third kappa shape index (κ3) is 2.83. The van der Waals surface area contributed by atoms with Crippen molar-refractivity contribution in [2.75, 3.05) is 30.3 Å². The number of nitrogens with zero attached hydrogens (tertiary/aromatic N) is 2. The first kappa shape index (κ1) is 13.9. The van der Waals surface area contributed by atoms with Crippen molar-refractivity contribution in [1.29, 1.82) is 0 Å². The lowest BCUT2D eigenvalue weighted by Crippen LogP contribution is -2.30. The fourth-order valence-corrected chi connectivity index (χ4v) is 4.02. The van der Waals surface area contributed by atoms with Crippen LogP contribution in [0.25, 0.3) is 0 Å². The van der Waals surface area contributed by atoms with E-state index in [1.165, 1.54) is 12.8 Å². The van der Waals surface area contributed by atoms with Crippen molar-refractivity contribution in [1.82, 2.24) is 4.90 Å². The maximum Gasteiger partial charge on any atom is 0.231 e. The number of anilines is 1. The molecule has 0 aromatic heterocycles. The lowest BCUT2D eigenvalue weighted by molar-refractivity contribution is -0.117. The summed E-state index contributed by atoms with van der Waals surface area (Å²) in [4.78, 5) is 16.2. The van der Waals surface area contributed by atoms with Crippen molar-refractivity contribution in [3.8, 4) is 0 Å². The summed E-state index contributed by atoms with van der Waals surface area (Å²) in [7, 11) is 0. The Hall–Kier alpha value is -1.07. The van der Waals surface area contributed by atoms with Gasteiger partial charge in [0.2, 0.25) is 5.91 Å². The monoisotopic (exact) mass is 306 g/mol. The summed E-state index contributed by atoms with van der Waals surface area (Å²) < 4.78 is 0.988. The smallest absolute Gasteiger partial charge is 0.231 e. The van der Waals surface area contributed by atoms with Gasteiger partial charge in [-0.1, -0.05) is 42.2 Å². The molecule has 0 saturated carbocycles. The molecule has 1 aromatic carbocycles. The molecule has 1 amide bonds. The molecule has 3 rings (SSSR count). The zero-order valence-electron chi connectivity index (χ0n) is 11.4. The van der Waals surface area contributed by atoms with Crippen molar-refractivity contribution >= 4 is 39.9 Å². The number of carbonyl (C=O) groups excluding carboxylic acids is 1. The van der Waals surface area contributed by atoms with Crippen LogP contribution in [0.4, 0.5) is 5.69 Å². The summed E-state index contributed by atoms with van der Waals surface area (Å²) in [5, 5.41) is 0. The zero-order chi connectivity index (χ0) is 13.9. The summed E-state index contributed by atoms with van der Waals surface area (Å²) in [5.74, 6) is 1.08. The Morgan fingerprint density at radius 2 is 2.00 bits per heavy atom. The van der Waals surface area contributed by atoms with Gasteiger partial charge < -0.3 is 9.80 Å². The Bertz CT molecular complexity index is 526. The molecular formula is C15H18N2OS2. The molecule has 2 aliphatic rings. The third-order valence-corrected chi connectivity index (χ3v) is 5.33. The Kier molecular flexibility index (Phi) is 4.27. The highest BCUT2D eigenvalue weighted by atomic mass is 32.2. The first-order valence-corrected chi connectivity index (χ1v) is 8.45. The van der Waals surface area contributed by atoms with E-state index < -0.39 is 0 Å². The normalized spacial score (nSPS) is 17.7. The molecule has 0 spiro atoms. The first-order valence-electron chi connectivity index (χ1n) is 7.06. The predicted molar refractivity (Wildman–Crippen MR) is 88.4 cm³/mol. The second-order valence-electron chi connectivity index (χ2n) is 5.16. The highest BCUT2D eigenvalue weighted by molar-refractivity contribution is 8.22. The van der Waals surface area contributed by atoms with Crippen LogP contribution in [0.15, 0.2) is 24.3 Å². The van der Waals surface area contributed by atoms with Crippen molar-refractivity contribution < 1.29 is 4.79 Å². The summed E-state index contributed by atoms with van der Waals surface area (Å²) in [5.41, 5.74) is 2.22. The average Bonchev–Trinajstić information content (AvgIpc) is 3.07. The molecule has 2 aliphatic heterocycles. The largest absolute Gasteiger partial charge is 0.358 e. The summed E-state index contributed by atoms with van der Waals surface area (Å²) >= 11 is 7.15. The second kappa shape index (κ2) is 6.14. The number of thioether (sulfide) groups is 1. The number of amides is 1. The Balaban J connectivity index is 1.54. The van der Waals surface area contributed by atoms with Gasteiger partial charge in [0.05, 0.1) is 6.42 Å². The molecule has 0 bridgehead atoms. The van der Waals surface area contributed by atoms with Gasteiger partial charge in [-0.25, -0.2) is 0 Å². The number of carbonyl (C=O) groups is 1. The van der Waals surface area contributed by atoms with E-state index in [1.54, 1.807) is 11.8 Å². The average molecular weight is 306 g/mol. The van der Waals surface area contributed by atoms with Gasteiger partial charge in [0.1, 0.15) is 4.32 Å². The number of likely N-dealkylation sites (tertiary alicyclic amines) is 1. The fraction of sp³-hybridized carbons (Fsp3) is 0.467. The van der Waals surface area contributed by atoms with E-state index in [2.05, 4.69) is 4.90 Å². The fourth-order valence-electron chi connectivity index (χ4n) is 2.78. The van der Waals surface area contributed by atoms with Crippen molar-refractivity contribution in [3.63, 3.8) is 0 Å². The minimum Gasteiger partial charge on any atom is -0.358 e. The predicted octanol–water partition coefficient (Wildman–Crippen LogP) is 2.69. The maximum atomic E-state index is 12.0. The van der Waals surface area contributed by atoms with Crippen LogP contribution < -0.4 is 4.90 Å². The molecule has 1 aromatic rings. The van der Waals surface area contributed by atoms with Crippen LogP contribution >= 0.6 is 24.0 Å². The highest BCUT2D eigenvalue weighted by Gasteiger charge is 2.26. The molecule has 0 aliphatic carbocycles. The van der Waals surface area contributed by atoms with Crippen molar-refractivity contribution in [3.05, 3.63) is 29.8 Å². The van der Waals surface area contributed by atoms with Gasteiger partial charge in [-0.3, -0.25) is 4.79 Å². The molecule has 2 heterocycles. The van der Waals surface area contributed by atoms with Gasteiger partial charge in [-0.15, -0.1) is 0 Å². The Morgan fingerprint density at radius 3 is 2.80 bits per heavy atom. The maximum absolute atomic E-state index is 12.0. The van der Waals surface area contributed by atoms with Gasteiger partial charge in [-0.05, 0) is 24.5 Å². The molecule has 1 fully saturated rings. The lowest BCUT2D eigenvalue weighted by Gasteiger charge is -2.20. The standard InChI is InChI=1S/C15H18N2OS2/c18-14-11-12-5-1-2-6-13(12)17(14)9-10-20-15(19)16-7-3-4-8-16/h1-2,5-6H,3-4,7-11H2. The van der Waals surface area contributed by atoms with Crippen LogP contribution in [0, 0.1) is 0 Å². The molecular weight excluding hydrogens is 288 g/mol. The summed E-state index contributed by atoms with van der Waals surface area (Å²) in [6.07, 6.45) is 3.04. The molecule has 0 radical (unpaired) electrons. The molecule has 1 saturated heterocycles. The molecule has 5 heteroatoms. The van der Waals surface area contributed by atoms with E-state index in [4.69, 9.17) is 12.2 Å². The number of hydrogen-bond donors (Lipinski definition) is 0. The van der Waals surface area contributed by atoms with Crippen LogP contribution in [0.1, 0.15) is 18.4 Å². The molecule has 0 atom stereocenters. The minimum absolute atomic E-state index is 0.207. The highest BCUT2D eigenvalue weighted by Crippen LogP contribution is 2.28. The van der Waals surface area contributed by atoms with Crippen LogP contribution in [0.2, 0.25) is 0 Å². The van der Waals surface area contributed by atoms with Crippen LogP contribution in [-0.4, -0.2) is 40.5 Å². The molecule has 3 nitrogen and oxygen atoms in total. The Morgan fingerprint density at radius 1 is 1.25 bits per heavy atom. The number of thiocarbonyl (C=S) groups is 1. The number of hydrogen-bond acceptors (Lipinski definition) is 3. The SMILES string of the molecule is O=C1Cc2ccccc2N1CCSC(=S)N1CCCC1. The number of benzene rings is 1. The van der Waals surface area contributed by atoms with Gasteiger partial charge in [0.25, 0.3) is 0 Å². The quantitative estimate of drug-likeness (QED) is 0.801. The zero-order valence-corrected chi connectivity index (χ0v) is 13.0. The Labute approximate surface area is 129 Å².